The molecule has 1 unspecified atom stereocenters. The Morgan fingerprint density at radius 3 is 2.00 bits per heavy atom. The third-order valence-corrected chi connectivity index (χ3v) is 2.97. The Morgan fingerprint density at radius 2 is 1.50 bits per heavy atom. The molecule has 0 aromatic heterocycles. The molecule has 92 valence electrons. The lowest BCUT2D eigenvalue weighted by molar-refractivity contribution is 0.0833. The highest BCUT2D eigenvalue weighted by Crippen LogP contribution is 2.24. The minimum atomic E-state index is -0.954. The molecule has 0 saturated heterocycles. The van der Waals surface area contributed by atoms with Crippen molar-refractivity contribution in [1.82, 2.24) is 4.65 Å². The molecule has 0 saturated carbocycles. The Labute approximate surface area is 106 Å². The summed E-state index contributed by atoms with van der Waals surface area (Å²) >= 11 is 0. The van der Waals surface area contributed by atoms with Crippen LogP contribution >= 0.6 is 0 Å². The molecule has 2 aromatic carbocycles. The molecule has 2 rings (SSSR count). The fourth-order valence-corrected chi connectivity index (χ4v) is 1.90. The van der Waals surface area contributed by atoms with E-state index in [1.807, 2.05) is 12.1 Å². The van der Waals surface area contributed by atoms with E-state index in [0.717, 1.165) is 0 Å². The van der Waals surface area contributed by atoms with Crippen LogP contribution in [0.15, 0.2) is 60.7 Å². The van der Waals surface area contributed by atoms with E-state index >= 15 is 0 Å². The molecule has 0 aliphatic carbocycles. The van der Waals surface area contributed by atoms with Gasteiger partial charge >= 0.3 is 5.91 Å². The van der Waals surface area contributed by atoms with Crippen molar-refractivity contribution < 1.29 is 4.79 Å². The summed E-state index contributed by atoms with van der Waals surface area (Å²) in [6, 6.07) is 17.5. The Hall–Kier alpha value is -1.97. The molecule has 0 heterocycles. The number of para-hydroxylation sites is 1. The summed E-state index contributed by atoms with van der Waals surface area (Å²) in [5.41, 5.74) is 0.909. The average molecular weight is 241 g/mol. The summed E-state index contributed by atoms with van der Waals surface area (Å²) < 4.78 is -0.954. The molecule has 0 aliphatic heterocycles. The lowest BCUT2D eigenvalue weighted by Gasteiger charge is -2.38. The first-order chi connectivity index (χ1) is 8.68. The molecule has 0 radical (unpaired) electrons. The standard InChI is InChI=1S/C15H15NO2/c1-2-16(18,14-11-7-4-8-12-14)15(17)13-9-5-3-6-10-13/h3-12H,2H2,1H3. The molecule has 0 bridgehead atoms. The first-order valence-electron chi connectivity index (χ1n) is 5.93. The maximum atomic E-state index is 12.8. The summed E-state index contributed by atoms with van der Waals surface area (Å²) in [5.74, 6) is -0.427. The highest BCUT2D eigenvalue weighted by atomic mass is 16.6. The number of amides is 1. The SMILES string of the molecule is CC[N+]([O-])(C(=O)c1ccccc1)c1ccccc1. The Morgan fingerprint density at radius 1 is 1.00 bits per heavy atom. The number of hydrogen-bond donors (Lipinski definition) is 0. The van der Waals surface area contributed by atoms with Crippen molar-refractivity contribution in [2.24, 2.45) is 0 Å². The van der Waals surface area contributed by atoms with Crippen molar-refractivity contribution in [2.75, 3.05) is 6.54 Å². The lowest BCUT2D eigenvalue weighted by Crippen LogP contribution is -2.48. The summed E-state index contributed by atoms with van der Waals surface area (Å²) in [5, 5.41) is 12.8. The van der Waals surface area contributed by atoms with Crippen molar-refractivity contribution in [3.8, 4) is 0 Å². The predicted octanol–water partition coefficient (Wildman–Crippen LogP) is 3.35. The van der Waals surface area contributed by atoms with Crippen LogP contribution in [0.2, 0.25) is 0 Å². The monoisotopic (exact) mass is 241 g/mol. The fourth-order valence-electron chi connectivity index (χ4n) is 1.90. The number of hydroxylamine groups is 2. The van der Waals surface area contributed by atoms with E-state index in [2.05, 4.69) is 0 Å². The van der Waals surface area contributed by atoms with Gasteiger partial charge in [0.05, 0.1) is 12.1 Å². The largest absolute Gasteiger partial charge is 0.619 e. The zero-order chi connectivity index (χ0) is 13.0. The van der Waals surface area contributed by atoms with Crippen LogP contribution < -0.4 is 4.65 Å². The molecular weight excluding hydrogens is 226 g/mol. The van der Waals surface area contributed by atoms with Gasteiger partial charge in [0.25, 0.3) is 0 Å². The van der Waals surface area contributed by atoms with Crippen LogP contribution in [0.25, 0.3) is 0 Å². The van der Waals surface area contributed by atoms with Crippen LogP contribution in [0.3, 0.4) is 0 Å². The zero-order valence-corrected chi connectivity index (χ0v) is 10.2. The summed E-state index contributed by atoms with van der Waals surface area (Å²) in [4.78, 5) is 12.4. The van der Waals surface area contributed by atoms with E-state index in [1.54, 1.807) is 55.5 Å². The third kappa shape index (κ3) is 2.18. The zero-order valence-electron chi connectivity index (χ0n) is 10.2. The molecule has 1 amide bonds. The van der Waals surface area contributed by atoms with Gasteiger partial charge in [-0.2, -0.15) is 0 Å². The molecule has 0 fully saturated rings. The van der Waals surface area contributed by atoms with Crippen molar-refractivity contribution in [1.29, 1.82) is 0 Å². The Kier molecular flexibility index (Phi) is 3.55. The van der Waals surface area contributed by atoms with E-state index in [-0.39, 0.29) is 6.54 Å². The molecule has 1 atom stereocenters. The Bertz CT molecular complexity index is 525. The second-order valence-electron chi connectivity index (χ2n) is 4.06. The second kappa shape index (κ2) is 5.12. The topological polar surface area (TPSA) is 40.1 Å². The van der Waals surface area contributed by atoms with Gasteiger partial charge in [0.15, 0.2) is 0 Å². The summed E-state index contributed by atoms with van der Waals surface area (Å²) in [7, 11) is 0. The van der Waals surface area contributed by atoms with Crippen LogP contribution in [-0.2, 0) is 0 Å². The molecule has 0 aliphatic rings. The van der Waals surface area contributed by atoms with Gasteiger partial charge in [-0.05, 0) is 31.2 Å². The molecule has 2 aromatic rings. The van der Waals surface area contributed by atoms with Crippen molar-refractivity contribution >= 4 is 11.6 Å². The quantitative estimate of drug-likeness (QED) is 0.610. The van der Waals surface area contributed by atoms with E-state index < -0.39 is 10.6 Å². The predicted molar refractivity (Wildman–Crippen MR) is 72.9 cm³/mol. The van der Waals surface area contributed by atoms with Crippen LogP contribution in [0, 0.1) is 5.21 Å². The van der Waals surface area contributed by atoms with Gasteiger partial charge < -0.3 is 5.21 Å². The van der Waals surface area contributed by atoms with Crippen molar-refractivity contribution in [2.45, 2.75) is 6.92 Å². The lowest BCUT2D eigenvalue weighted by atomic mass is 10.1. The van der Waals surface area contributed by atoms with Crippen molar-refractivity contribution in [3.05, 3.63) is 71.4 Å². The summed E-state index contributed by atoms with van der Waals surface area (Å²) in [6.45, 7) is 1.90. The molecule has 3 heteroatoms. The molecule has 18 heavy (non-hydrogen) atoms. The third-order valence-electron chi connectivity index (χ3n) is 2.97. The average Bonchev–Trinajstić information content (AvgIpc) is 2.47. The van der Waals surface area contributed by atoms with Gasteiger partial charge in [-0.25, -0.2) is 4.79 Å². The van der Waals surface area contributed by atoms with Gasteiger partial charge in [-0.3, -0.25) is 4.65 Å². The second-order valence-corrected chi connectivity index (χ2v) is 4.06. The van der Waals surface area contributed by atoms with E-state index in [1.165, 1.54) is 0 Å². The normalized spacial score (nSPS) is 13.9. The van der Waals surface area contributed by atoms with Gasteiger partial charge in [-0.15, -0.1) is 0 Å². The molecule has 0 N–H and O–H groups in total. The van der Waals surface area contributed by atoms with E-state index in [0.29, 0.717) is 11.3 Å². The Balaban J connectivity index is 2.43. The van der Waals surface area contributed by atoms with Gasteiger partial charge in [0.1, 0.15) is 5.69 Å². The van der Waals surface area contributed by atoms with Crippen LogP contribution in [0.5, 0.6) is 0 Å². The number of benzene rings is 2. The number of carbonyl (C=O) groups excluding carboxylic acids is 1. The molecular formula is C15H15NO2. The molecule has 0 spiro atoms. The number of nitrogens with zero attached hydrogens (tertiary/aromatic N) is 1. The number of carbonyl (C=O) groups is 1. The minimum Gasteiger partial charge on any atom is -0.619 e. The van der Waals surface area contributed by atoms with E-state index in [9.17, 15) is 10.0 Å². The summed E-state index contributed by atoms with van der Waals surface area (Å²) in [6.07, 6.45) is 0. The highest BCUT2D eigenvalue weighted by Gasteiger charge is 2.29. The maximum Gasteiger partial charge on any atom is 0.350 e. The van der Waals surface area contributed by atoms with Crippen LogP contribution in [0.1, 0.15) is 17.3 Å². The minimum absolute atomic E-state index is 0.178. The van der Waals surface area contributed by atoms with Crippen LogP contribution in [0.4, 0.5) is 5.69 Å². The number of hydrogen-bond acceptors (Lipinski definition) is 2. The van der Waals surface area contributed by atoms with Crippen LogP contribution in [-0.4, -0.2) is 12.5 Å². The van der Waals surface area contributed by atoms with Gasteiger partial charge in [0.2, 0.25) is 0 Å². The number of quaternary nitrogens is 1. The number of rotatable bonds is 3. The van der Waals surface area contributed by atoms with E-state index in [4.69, 9.17) is 0 Å². The first kappa shape index (κ1) is 12.5. The maximum absolute atomic E-state index is 12.8. The highest BCUT2D eigenvalue weighted by molar-refractivity contribution is 6.02. The first-order valence-corrected chi connectivity index (χ1v) is 5.93. The smallest absolute Gasteiger partial charge is 0.350 e. The van der Waals surface area contributed by atoms with Gasteiger partial charge in [-0.1, -0.05) is 36.4 Å². The fraction of sp³-hybridized carbons (Fsp3) is 0.133. The van der Waals surface area contributed by atoms with Crippen molar-refractivity contribution in [3.63, 3.8) is 0 Å². The molecule has 3 nitrogen and oxygen atoms in total. The van der Waals surface area contributed by atoms with Gasteiger partial charge in [0, 0.05) is 0 Å².